The molecule has 0 unspecified atom stereocenters. The summed E-state index contributed by atoms with van der Waals surface area (Å²) in [5.41, 5.74) is 2.91. The highest BCUT2D eigenvalue weighted by Gasteiger charge is 2.14. The second-order valence-corrected chi connectivity index (χ2v) is 5.50. The Morgan fingerprint density at radius 2 is 2.08 bits per heavy atom. The van der Waals surface area contributed by atoms with Crippen molar-refractivity contribution in [1.29, 1.82) is 0 Å². The molecule has 1 aromatic heterocycles. The zero-order chi connectivity index (χ0) is 16.9. The Morgan fingerprint density at radius 3 is 2.83 bits per heavy atom. The lowest BCUT2D eigenvalue weighted by atomic mass is 10.1. The van der Waals surface area contributed by atoms with Crippen molar-refractivity contribution in [3.63, 3.8) is 0 Å². The van der Waals surface area contributed by atoms with E-state index in [1.54, 1.807) is 12.1 Å². The molecule has 0 saturated heterocycles. The molecule has 0 radical (unpaired) electrons. The van der Waals surface area contributed by atoms with E-state index >= 15 is 0 Å². The minimum absolute atomic E-state index is 0.0229. The summed E-state index contributed by atoms with van der Waals surface area (Å²) in [7, 11) is 0. The predicted octanol–water partition coefficient (Wildman–Crippen LogP) is 3.01. The van der Waals surface area contributed by atoms with Gasteiger partial charge in [-0.2, -0.15) is 0 Å². The first-order chi connectivity index (χ1) is 11.7. The lowest BCUT2D eigenvalue weighted by Crippen LogP contribution is -2.06. The molecule has 3 rings (SSSR count). The van der Waals surface area contributed by atoms with Crippen molar-refractivity contribution in [2.45, 2.75) is 19.4 Å². The molecule has 0 aliphatic carbocycles. The van der Waals surface area contributed by atoms with E-state index in [4.69, 9.17) is 5.11 Å². The van der Waals surface area contributed by atoms with Gasteiger partial charge in [0.25, 0.3) is 5.69 Å². The first-order valence-electron chi connectivity index (χ1n) is 7.73. The molecule has 0 spiro atoms. The third-order valence-electron chi connectivity index (χ3n) is 3.79. The van der Waals surface area contributed by atoms with Crippen LogP contribution < -0.4 is 5.32 Å². The molecule has 0 aliphatic heterocycles. The molecule has 24 heavy (non-hydrogen) atoms. The number of aromatic nitrogens is 2. The van der Waals surface area contributed by atoms with Gasteiger partial charge in [0.05, 0.1) is 22.6 Å². The summed E-state index contributed by atoms with van der Waals surface area (Å²) in [5.74, 6) is 0.906. The molecule has 3 aromatic rings. The van der Waals surface area contributed by atoms with E-state index in [9.17, 15) is 10.1 Å². The molecule has 0 bridgehead atoms. The minimum atomic E-state index is -0.444. The highest BCUT2D eigenvalue weighted by Crippen LogP contribution is 2.25. The van der Waals surface area contributed by atoms with Crippen molar-refractivity contribution in [2.24, 2.45) is 0 Å². The molecular weight excluding hydrogens is 308 g/mol. The van der Waals surface area contributed by atoms with Gasteiger partial charge in [0, 0.05) is 19.0 Å². The van der Waals surface area contributed by atoms with Crippen molar-refractivity contribution in [1.82, 2.24) is 9.97 Å². The lowest BCUT2D eigenvalue weighted by Gasteiger charge is -2.07. The second kappa shape index (κ2) is 7.10. The predicted molar refractivity (Wildman–Crippen MR) is 91.9 cm³/mol. The van der Waals surface area contributed by atoms with Crippen LogP contribution in [0.5, 0.6) is 0 Å². The van der Waals surface area contributed by atoms with Crippen LogP contribution in [0.4, 0.5) is 11.4 Å². The second-order valence-electron chi connectivity index (χ2n) is 5.50. The van der Waals surface area contributed by atoms with E-state index in [-0.39, 0.29) is 12.3 Å². The number of benzene rings is 2. The van der Waals surface area contributed by atoms with Gasteiger partial charge in [0.1, 0.15) is 11.5 Å². The van der Waals surface area contributed by atoms with Crippen LogP contribution in [0.25, 0.3) is 11.0 Å². The number of nitro benzene ring substituents is 1. The quantitative estimate of drug-likeness (QED) is 0.352. The number of anilines is 1. The zero-order valence-corrected chi connectivity index (χ0v) is 13.0. The molecule has 0 fully saturated rings. The molecule has 3 N–H and O–H groups in total. The number of para-hydroxylation sites is 2. The highest BCUT2D eigenvalue weighted by molar-refractivity contribution is 5.74. The number of aliphatic hydroxyl groups is 1. The molecule has 0 atom stereocenters. The third kappa shape index (κ3) is 3.52. The van der Waals surface area contributed by atoms with Crippen LogP contribution in [0.2, 0.25) is 0 Å². The van der Waals surface area contributed by atoms with E-state index in [2.05, 4.69) is 15.3 Å². The maximum atomic E-state index is 11.1. The molecule has 7 heteroatoms. The molecule has 0 amide bonds. The van der Waals surface area contributed by atoms with Crippen LogP contribution in [0.3, 0.4) is 0 Å². The van der Waals surface area contributed by atoms with Crippen LogP contribution in [-0.4, -0.2) is 26.5 Å². The molecular formula is C17H18N4O3. The first kappa shape index (κ1) is 15.9. The number of imidazole rings is 1. The SMILES string of the molecule is O=[N+]([O-])c1cc(CO)ccc1NCCCc1nc2ccccc2[nH]1. The van der Waals surface area contributed by atoms with Crippen LogP contribution in [-0.2, 0) is 13.0 Å². The number of nitrogens with zero attached hydrogens (tertiary/aromatic N) is 2. The summed E-state index contributed by atoms with van der Waals surface area (Å²) in [6.07, 6.45) is 1.54. The maximum Gasteiger partial charge on any atom is 0.292 e. The number of H-pyrrole nitrogens is 1. The number of rotatable bonds is 7. The van der Waals surface area contributed by atoms with Crippen LogP contribution in [0.15, 0.2) is 42.5 Å². The van der Waals surface area contributed by atoms with Gasteiger partial charge in [-0.05, 0) is 30.2 Å². The van der Waals surface area contributed by atoms with E-state index in [0.29, 0.717) is 17.8 Å². The Morgan fingerprint density at radius 1 is 1.25 bits per heavy atom. The van der Waals surface area contributed by atoms with Crippen LogP contribution >= 0.6 is 0 Å². The normalized spacial score (nSPS) is 10.9. The zero-order valence-electron chi connectivity index (χ0n) is 13.0. The maximum absolute atomic E-state index is 11.1. The largest absolute Gasteiger partial charge is 0.392 e. The van der Waals surface area contributed by atoms with Crippen molar-refractivity contribution >= 4 is 22.4 Å². The van der Waals surface area contributed by atoms with Crippen LogP contribution in [0.1, 0.15) is 17.8 Å². The Kier molecular flexibility index (Phi) is 4.72. The highest BCUT2D eigenvalue weighted by atomic mass is 16.6. The van der Waals surface area contributed by atoms with Gasteiger partial charge in [-0.3, -0.25) is 10.1 Å². The van der Waals surface area contributed by atoms with E-state index in [1.165, 1.54) is 6.07 Å². The summed E-state index contributed by atoms with van der Waals surface area (Å²) in [4.78, 5) is 18.4. The van der Waals surface area contributed by atoms with Gasteiger partial charge < -0.3 is 15.4 Å². The fourth-order valence-electron chi connectivity index (χ4n) is 2.58. The number of hydrogen-bond acceptors (Lipinski definition) is 5. The summed E-state index contributed by atoms with van der Waals surface area (Å²) < 4.78 is 0. The Labute approximate surface area is 138 Å². The lowest BCUT2D eigenvalue weighted by molar-refractivity contribution is -0.384. The summed E-state index contributed by atoms with van der Waals surface area (Å²) in [6.45, 7) is 0.379. The molecule has 2 aromatic carbocycles. The standard InChI is InChI=1S/C17H18N4O3/c22-11-12-7-8-15(16(10-12)21(23)24)18-9-3-6-17-19-13-4-1-2-5-14(13)20-17/h1-2,4-5,7-8,10,18,22H,3,6,9,11H2,(H,19,20). The first-order valence-corrected chi connectivity index (χ1v) is 7.73. The fraction of sp³-hybridized carbons (Fsp3) is 0.235. The number of aliphatic hydroxyl groups excluding tert-OH is 1. The minimum Gasteiger partial charge on any atom is -0.392 e. The molecule has 124 valence electrons. The summed E-state index contributed by atoms with van der Waals surface area (Å²) >= 11 is 0. The van der Waals surface area contributed by atoms with E-state index in [1.807, 2.05) is 24.3 Å². The number of aryl methyl sites for hydroxylation is 1. The fourth-order valence-corrected chi connectivity index (χ4v) is 2.58. The van der Waals surface area contributed by atoms with Crippen LogP contribution in [0, 0.1) is 10.1 Å². The monoisotopic (exact) mass is 326 g/mol. The molecule has 0 saturated carbocycles. The molecule has 0 aliphatic rings. The molecule has 1 heterocycles. The Bertz CT molecular complexity index is 827. The van der Waals surface area contributed by atoms with E-state index in [0.717, 1.165) is 29.7 Å². The number of hydrogen-bond donors (Lipinski definition) is 3. The van der Waals surface area contributed by atoms with Crippen molar-refractivity contribution in [2.75, 3.05) is 11.9 Å². The summed E-state index contributed by atoms with van der Waals surface area (Å²) in [5, 5.41) is 23.3. The van der Waals surface area contributed by atoms with E-state index < -0.39 is 4.92 Å². The summed E-state index contributed by atoms with van der Waals surface area (Å²) in [6, 6.07) is 12.5. The van der Waals surface area contributed by atoms with Gasteiger partial charge >= 0.3 is 0 Å². The average Bonchev–Trinajstić information content (AvgIpc) is 3.01. The smallest absolute Gasteiger partial charge is 0.292 e. The van der Waals surface area contributed by atoms with Gasteiger partial charge in [-0.25, -0.2) is 4.98 Å². The van der Waals surface area contributed by atoms with Gasteiger partial charge in [0.2, 0.25) is 0 Å². The molecule has 7 nitrogen and oxygen atoms in total. The van der Waals surface area contributed by atoms with Gasteiger partial charge in [-0.1, -0.05) is 18.2 Å². The van der Waals surface area contributed by atoms with Gasteiger partial charge in [-0.15, -0.1) is 0 Å². The van der Waals surface area contributed by atoms with Gasteiger partial charge in [0.15, 0.2) is 0 Å². The van der Waals surface area contributed by atoms with Crippen molar-refractivity contribution < 1.29 is 10.0 Å². The third-order valence-corrected chi connectivity index (χ3v) is 3.79. The topological polar surface area (TPSA) is 104 Å². The number of aromatic amines is 1. The number of nitrogens with one attached hydrogen (secondary N) is 2. The number of fused-ring (bicyclic) bond motifs is 1. The van der Waals surface area contributed by atoms with Crippen molar-refractivity contribution in [3.8, 4) is 0 Å². The number of nitro groups is 1. The Hall–Kier alpha value is -2.93. The van der Waals surface area contributed by atoms with Crippen molar-refractivity contribution in [3.05, 3.63) is 64.0 Å². The Balaban J connectivity index is 1.59. The average molecular weight is 326 g/mol.